The topological polar surface area (TPSA) is 78.4 Å². The lowest BCUT2D eigenvalue weighted by molar-refractivity contribution is -0.140. The van der Waals surface area contributed by atoms with Crippen LogP contribution in [0.4, 0.5) is 10.5 Å². The number of carbonyl (C=O) groups is 2. The normalized spacial score (nSPS) is 12.3. The maximum atomic E-state index is 11.8. The van der Waals surface area contributed by atoms with Crippen LogP contribution in [0, 0.1) is 5.92 Å². The zero-order valence-corrected chi connectivity index (χ0v) is 12.3. The van der Waals surface area contributed by atoms with Crippen LogP contribution in [0.25, 0.3) is 0 Å². The van der Waals surface area contributed by atoms with Gasteiger partial charge in [0, 0.05) is 5.69 Å². The van der Waals surface area contributed by atoms with Crippen molar-refractivity contribution < 1.29 is 14.7 Å². The van der Waals surface area contributed by atoms with Crippen LogP contribution in [-0.2, 0) is 4.79 Å². The molecule has 0 spiro atoms. The summed E-state index contributed by atoms with van der Waals surface area (Å²) in [5, 5.41) is 14.2. The molecule has 1 atom stereocenters. The summed E-state index contributed by atoms with van der Waals surface area (Å²) < 4.78 is 0. The Bertz CT molecular complexity index is 484. The molecule has 5 nitrogen and oxygen atoms in total. The summed E-state index contributed by atoms with van der Waals surface area (Å²) in [5.41, 5.74) is 1.77. The Morgan fingerprint density at radius 1 is 1.15 bits per heavy atom. The van der Waals surface area contributed by atoms with Crippen molar-refractivity contribution >= 4 is 17.7 Å². The Balaban J connectivity index is 2.71. The molecule has 5 heteroatoms. The van der Waals surface area contributed by atoms with E-state index in [2.05, 4.69) is 24.5 Å². The molecule has 0 aliphatic rings. The predicted octanol–water partition coefficient (Wildman–Crippen LogP) is 3.04. The SMILES string of the molecule is CC(C)c1cccc(NC(=O)N[C@@H](C(=O)O)C(C)C)c1. The number of amides is 2. The van der Waals surface area contributed by atoms with E-state index in [0.29, 0.717) is 11.6 Å². The molecule has 3 N–H and O–H groups in total. The van der Waals surface area contributed by atoms with E-state index < -0.39 is 18.0 Å². The van der Waals surface area contributed by atoms with E-state index in [1.807, 2.05) is 18.2 Å². The molecule has 0 fully saturated rings. The first-order valence-electron chi connectivity index (χ1n) is 6.71. The number of aliphatic carboxylic acids is 1. The third-order valence-corrected chi connectivity index (χ3v) is 3.03. The van der Waals surface area contributed by atoms with Gasteiger partial charge in [-0.1, -0.05) is 39.8 Å². The second-order valence-corrected chi connectivity index (χ2v) is 5.44. The van der Waals surface area contributed by atoms with Crippen molar-refractivity contribution in [3.8, 4) is 0 Å². The maximum Gasteiger partial charge on any atom is 0.326 e. The van der Waals surface area contributed by atoms with E-state index >= 15 is 0 Å². The number of hydrogen-bond acceptors (Lipinski definition) is 2. The number of rotatable bonds is 5. The fourth-order valence-corrected chi connectivity index (χ4v) is 1.80. The van der Waals surface area contributed by atoms with Crippen molar-refractivity contribution in [1.82, 2.24) is 5.32 Å². The monoisotopic (exact) mass is 278 g/mol. The lowest BCUT2D eigenvalue weighted by Gasteiger charge is -2.18. The molecule has 0 aliphatic carbocycles. The van der Waals surface area contributed by atoms with Gasteiger partial charge < -0.3 is 15.7 Å². The number of carboxylic acids is 1. The average molecular weight is 278 g/mol. The highest BCUT2D eigenvalue weighted by Crippen LogP contribution is 2.18. The number of carbonyl (C=O) groups excluding carboxylic acids is 1. The van der Waals surface area contributed by atoms with Gasteiger partial charge in [-0.3, -0.25) is 0 Å². The van der Waals surface area contributed by atoms with Crippen LogP contribution in [0.15, 0.2) is 24.3 Å². The Hall–Kier alpha value is -2.04. The van der Waals surface area contributed by atoms with Gasteiger partial charge in [0.15, 0.2) is 0 Å². The summed E-state index contributed by atoms with van der Waals surface area (Å²) in [6, 6.07) is 6.10. The average Bonchev–Trinajstić information content (AvgIpc) is 2.35. The van der Waals surface area contributed by atoms with Crippen LogP contribution in [0.2, 0.25) is 0 Å². The number of urea groups is 1. The van der Waals surface area contributed by atoms with Crippen molar-refractivity contribution in [2.24, 2.45) is 5.92 Å². The highest BCUT2D eigenvalue weighted by Gasteiger charge is 2.23. The van der Waals surface area contributed by atoms with Crippen molar-refractivity contribution in [2.75, 3.05) is 5.32 Å². The molecule has 0 aliphatic heterocycles. The fraction of sp³-hybridized carbons (Fsp3) is 0.467. The summed E-state index contributed by atoms with van der Waals surface area (Å²) >= 11 is 0. The van der Waals surface area contributed by atoms with Gasteiger partial charge in [0.25, 0.3) is 0 Å². The Morgan fingerprint density at radius 3 is 2.30 bits per heavy atom. The molecule has 0 bridgehead atoms. The van der Waals surface area contributed by atoms with Gasteiger partial charge in [-0.05, 0) is 29.5 Å². The summed E-state index contributed by atoms with van der Waals surface area (Å²) in [4.78, 5) is 22.9. The number of anilines is 1. The van der Waals surface area contributed by atoms with E-state index in [0.717, 1.165) is 5.56 Å². The van der Waals surface area contributed by atoms with Crippen LogP contribution in [-0.4, -0.2) is 23.1 Å². The summed E-state index contributed by atoms with van der Waals surface area (Å²) in [6.45, 7) is 7.63. The van der Waals surface area contributed by atoms with Gasteiger partial charge in [0.1, 0.15) is 6.04 Å². The highest BCUT2D eigenvalue weighted by atomic mass is 16.4. The van der Waals surface area contributed by atoms with Crippen LogP contribution in [0.5, 0.6) is 0 Å². The highest BCUT2D eigenvalue weighted by molar-refractivity contribution is 5.92. The first-order chi connectivity index (χ1) is 9.31. The second-order valence-electron chi connectivity index (χ2n) is 5.44. The molecule has 0 unspecified atom stereocenters. The van der Waals surface area contributed by atoms with Gasteiger partial charge in [0.05, 0.1) is 0 Å². The second kappa shape index (κ2) is 6.93. The molecule has 0 saturated heterocycles. The molecule has 2 amide bonds. The van der Waals surface area contributed by atoms with Crippen LogP contribution in [0.1, 0.15) is 39.2 Å². The van der Waals surface area contributed by atoms with Gasteiger partial charge in [-0.2, -0.15) is 0 Å². The largest absolute Gasteiger partial charge is 0.480 e. The number of benzene rings is 1. The van der Waals surface area contributed by atoms with Crippen LogP contribution < -0.4 is 10.6 Å². The Kier molecular flexibility index (Phi) is 5.55. The summed E-state index contributed by atoms with van der Waals surface area (Å²) in [6.07, 6.45) is 0. The van der Waals surface area contributed by atoms with Gasteiger partial charge in [-0.25, -0.2) is 9.59 Å². The van der Waals surface area contributed by atoms with E-state index in [4.69, 9.17) is 5.11 Å². The molecular formula is C15H22N2O3. The molecule has 1 rings (SSSR count). The minimum atomic E-state index is -1.04. The molecule has 20 heavy (non-hydrogen) atoms. The molecular weight excluding hydrogens is 256 g/mol. The quantitative estimate of drug-likeness (QED) is 0.774. The standard InChI is InChI=1S/C15H22N2O3/c1-9(2)11-6-5-7-12(8-11)16-15(20)17-13(10(3)4)14(18)19/h5-10,13H,1-4H3,(H,18,19)(H2,16,17,20)/t13-/m1/s1. The Labute approximate surface area is 119 Å². The molecule has 0 heterocycles. The van der Waals surface area contributed by atoms with E-state index in [1.165, 1.54) is 0 Å². The van der Waals surface area contributed by atoms with Crippen molar-refractivity contribution in [3.63, 3.8) is 0 Å². The van der Waals surface area contributed by atoms with Crippen LogP contribution >= 0.6 is 0 Å². The molecule has 1 aromatic rings. The smallest absolute Gasteiger partial charge is 0.326 e. The van der Waals surface area contributed by atoms with Crippen molar-refractivity contribution in [2.45, 2.75) is 39.7 Å². The lowest BCUT2D eigenvalue weighted by atomic mass is 10.0. The van der Waals surface area contributed by atoms with Crippen molar-refractivity contribution in [1.29, 1.82) is 0 Å². The number of hydrogen-bond donors (Lipinski definition) is 3. The third-order valence-electron chi connectivity index (χ3n) is 3.03. The minimum Gasteiger partial charge on any atom is -0.480 e. The van der Waals surface area contributed by atoms with E-state index in [9.17, 15) is 9.59 Å². The van der Waals surface area contributed by atoms with E-state index in [-0.39, 0.29) is 5.92 Å². The first kappa shape index (κ1) is 16.0. The number of nitrogens with one attached hydrogen (secondary N) is 2. The lowest BCUT2D eigenvalue weighted by Crippen LogP contribution is -2.46. The molecule has 0 saturated carbocycles. The zero-order chi connectivity index (χ0) is 15.3. The van der Waals surface area contributed by atoms with Gasteiger partial charge in [-0.15, -0.1) is 0 Å². The van der Waals surface area contributed by atoms with Gasteiger partial charge >= 0.3 is 12.0 Å². The molecule has 0 radical (unpaired) electrons. The number of carboxylic acid groups (broad SMARTS) is 1. The molecule has 0 aromatic heterocycles. The fourth-order valence-electron chi connectivity index (χ4n) is 1.80. The van der Waals surface area contributed by atoms with E-state index in [1.54, 1.807) is 19.9 Å². The third kappa shape index (κ3) is 4.57. The predicted molar refractivity (Wildman–Crippen MR) is 78.9 cm³/mol. The Morgan fingerprint density at radius 2 is 1.80 bits per heavy atom. The van der Waals surface area contributed by atoms with Crippen molar-refractivity contribution in [3.05, 3.63) is 29.8 Å². The van der Waals surface area contributed by atoms with Crippen LogP contribution in [0.3, 0.4) is 0 Å². The summed E-state index contributed by atoms with van der Waals surface area (Å²) in [5.74, 6) is -0.853. The maximum absolute atomic E-state index is 11.8. The molecule has 110 valence electrons. The van der Waals surface area contributed by atoms with Gasteiger partial charge in [0.2, 0.25) is 0 Å². The first-order valence-corrected chi connectivity index (χ1v) is 6.71. The zero-order valence-electron chi connectivity index (χ0n) is 12.3. The summed E-state index contributed by atoms with van der Waals surface area (Å²) in [7, 11) is 0. The molecule has 1 aromatic carbocycles. The minimum absolute atomic E-state index is 0.180.